The monoisotopic (exact) mass is 875 g/mol. The lowest BCUT2D eigenvalue weighted by atomic mass is 9.89. The molecule has 334 valence electrons. The van der Waals surface area contributed by atoms with Crippen molar-refractivity contribution in [1.82, 2.24) is 18.7 Å². The van der Waals surface area contributed by atoms with E-state index in [1.54, 1.807) is 5.82 Å². The molecule has 12 nitrogen and oxygen atoms in total. The second-order valence-electron chi connectivity index (χ2n) is 17.0. The maximum atomic E-state index is 12.9. The lowest BCUT2D eigenvalue weighted by Crippen LogP contribution is -2.46. The van der Waals surface area contributed by atoms with Crippen molar-refractivity contribution in [3.63, 3.8) is 0 Å². The molecule has 1 saturated carbocycles. The highest BCUT2D eigenvalue weighted by atomic mass is 31.2. The molecule has 1 aliphatic rings. The molecule has 0 saturated heterocycles. The zero-order valence-corrected chi connectivity index (χ0v) is 42.4. The maximum absolute atomic E-state index is 12.9. The molecular weight excluding hydrogens is 788 g/mol. The quantitative estimate of drug-likeness (QED) is 0.0528. The second kappa shape index (κ2) is 26.9. The molecule has 0 amide bonds. The number of hydrogen-bond donors (Lipinski definition) is 0. The summed E-state index contributed by atoms with van der Waals surface area (Å²) in [5, 5.41) is 0. The van der Waals surface area contributed by atoms with Crippen molar-refractivity contribution in [1.29, 1.82) is 0 Å². The summed E-state index contributed by atoms with van der Waals surface area (Å²) in [6.07, 6.45) is 9.91. The fraction of sp³-hybridized carbons (Fsp3) is 0.950. The molecule has 56 heavy (non-hydrogen) atoms. The minimum Gasteiger partial charge on any atom is -0.331 e. The Balaban J connectivity index is 3.28. The Labute approximate surface area is 347 Å². The van der Waals surface area contributed by atoms with Crippen molar-refractivity contribution >= 4 is 32.1 Å². The van der Waals surface area contributed by atoms with Gasteiger partial charge in [0.2, 0.25) is 0 Å². The van der Waals surface area contributed by atoms with Gasteiger partial charge in [0, 0.05) is 82.6 Å². The van der Waals surface area contributed by atoms with Crippen LogP contribution in [0.4, 0.5) is 0 Å². The molecule has 0 spiro atoms. The van der Waals surface area contributed by atoms with Gasteiger partial charge in [0.1, 0.15) is 0 Å². The van der Waals surface area contributed by atoms with Crippen molar-refractivity contribution in [3.8, 4) is 0 Å². The molecule has 16 heteroatoms. The van der Waals surface area contributed by atoms with E-state index in [1.165, 1.54) is 28.4 Å². The first-order chi connectivity index (χ1) is 26.1. The fourth-order valence-corrected chi connectivity index (χ4v) is 15.1. The fourth-order valence-electron chi connectivity index (χ4n) is 7.80. The number of nitrogens with zero attached hydrogens (tertiary/aromatic N) is 4. The van der Waals surface area contributed by atoms with Gasteiger partial charge in [-0.15, -0.1) is 0 Å². The number of rotatable bonds is 29. The molecule has 0 bridgehead atoms. The summed E-state index contributed by atoms with van der Waals surface area (Å²) in [6.45, 7) is 32.8. The van der Waals surface area contributed by atoms with E-state index in [-0.39, 0.29) is 18.2 Å². The maximum Gasteiger partial charge on any atom is 0.353 e. The lowest BCUT2D eigenvalue weighted by molar-refractivity contribution is 0.100. The van der Waals surface area contributed by atoms with Crippen LogP contribution in [0.15, 0.2) is 11.9 Å². The van der Waals surface area contributed by atoms with E-state index in [2.05, 4.69) is 116 Å². The van der Waals surface area contributed by atoms with Gasteiger partial charge in [-0.25, -0.2) is 18.7 Å². The summed E-state index contributed by atoms with van der Waals surface area (Å²) in [7, 11) is -2.54. The van der Waals surface area contributed by atoms with Crippen molar-refractivity contribution in [2.45, 2.75) is 203 Å². The Bertz CT molecular complexity index is 1160. The van der Waals surface area contributed by atoms with Gasteiger partial charge in [0.15, 0.2) is 16.9 Å². The van der Waals surface area contributed by atoms with Crippen LogP contribution in [0.1, 0.15) is 148 Å². The first-order valence-corrected chi connectivity index (χ1v) is 26.9. The van der Waals surface area contributed by atoms with E-state index in [9.17, 15) is 9.13 Å². The molecule has 4 unspecified atom stereocenters. The van der Waals surface area contributed by atoms with Crippen LogP contribution in [0.25, 0.3) is 0 Å². The van der Waals surface area contributed by atoms with Gasteiger partial charge in [0.25, 0.3) is 0 Å². The zero-order chi connectivity index (χ0) is 43.0. The topological polar surface area (TPSA) is 102 Å². The Morgan fingerprint density at radius 2 is 1.00 bits per heavy atom. The minimum absolute atomic E-state index is 0.157. The van der Waals surface area contributed by atoms with Crippen LogP contribution in [0.3, 0.4) is 0 Å². The highest BCUT2D eigenvalue weighted by molar-refractivity contribution is 7.57. The first kappa shape index (κ1) is 54.7. The van der Waals surface area contributed by atoms with Gasteiger partial charge < -0.3 is 27.1 Å². The van der Waals surface area contributed by atoms with E-state index in [0.717, 1.165) is 51.4 Å². The largest absolute Gasteiger partial charge is 0.353 e. The molecule has 0 aromatic heterocycles. The third kappa shape index (κ3) is 17.6. The summed E-state index contributed by atoms with van der Waals surface area (Å²) in [5.74, 6) is 1.86. The molecule has 1 aliphatic carbocycles. The predicted molar refractivity (Wildman–Crippen MR) is 239 cm³/mol. The zero-order valence-electron chi connectivity index (χ0n) is 38.8. The SMILES string of the molecule is COP(=O)(/C=C/CCCOP(N(C(C)C)C(C)C)N(C(C)C)C(C)CCC(C)N(C(C)C)P(OC1CCC(CP(=O)(OC)OC)CC1)N(C(C)C)C(C)C)OC. The van der Waals surface area contributed by atoms with Crippen LogP contribution >= 0.6 is 32.1 Å². The predicted octanol–water partition coefficient (Wildman–Crippen LogP) is 12.5. The molecule has 1 rings (SSSR count). The Hall–Kier alpha value is 0.660. The number of unbranched alkanes of at least 4 members (excludes halogenated alkanes) is 1. The average molecular weight is 875 g/mol. The molecule has 0 aromatic rings. The van der Waals surface area contributed by atoms with Gasteiger partial charge in [0.05, 0.1) is 18.9 Å². The number of hydrogen-bond acceptors (Lipinski definition) is 12. The summed E-state index contributed by atoms with van der Waals surface area (Å²) in [5.41, 5.74) is 0. The summed E-state index contributed by atoms with van der Waals surface area (Å²) in [4.78, 5) is 0. The van der Waals surface area contributed by atoms with Gasteiger partial charge in [-0.1, -0.05) is 6.08 Å². The third-order valence-corrected chi connectivity index (χ3v) is 20.2. The van der Waals surface area contributed by atoms with E-state index < -0.39 is 32.1 Å². The van der Waals surface area contributed by atoms with Crippen molar-refractivity contribution in [2.75, 3.05) is 41.2 Å². The Kier molecular flexibility index (Phi) is 26.2. The van der Waals surface area contributed by atoms with E-state index in [0.29, 0.717) is 54.9 Å². The van der Waals surface area contributed by atoms with E-state index >= 15 is 0 Å². The Morgan fingerprint density at radius 3 is 1.39 bits per heavy atom. The Morgan fingerprint density at radius 1 is 0.589 bits per heavy atom. The molecule has 1 fully saturated rings. The van der Waals surface area contributed by atoms with Gasteiger partial charge in [-0.3, -0.25) is 9.13 Å². The van der Waals surface area contributed by atoms with E-state index in [1.807, 2.05) is 6.08 Å². The van der Waals surface area contributed by atoms with Crippen molar-refractivity contribution in [3.05, 3.63) is 11.9 Å². The van der Waals surface area contributed by atoms with Crippen molar-refractivity contribution in [2.24, 2.45) is 5.92 Å². The smallest absolute Gasteiger partial charge is 0.331 e. The molecule has 0 aromatic carbocycles. The second-order valence-corrected chi connectivity index (χ2v) is 24.8. The number of allylic oxidation sites excluding steroid dienone is 1. The molecule has 0 N–H and O–H groups in total. The molecule has 0 aliphatic heterocycles. The molecular formula is C40H86N4O8P4. The molecule has 0 heterocycles. The molecule has 4 atom stereocenters. The van der Waals surface area contributed by atoms with Crippen LogP contribution in [0.2, 0.25) is 0 Å². The van der Waals surface area contributed by atoms with Crippen LogP contribution < -0.4 is 0 Å². The minimum atomic E-state index is -3.17. The van der Waals surface area contributed by atoms with Gasteiger partial charge in [-0.05, 0) is 154 Å². The van der Waals surface area contributed by atoms with Crippen LogP contribution in [-0.4, -0.2) is 114 Å². The molecule has 0 radical (unpaired) electrons. The highest BCUT2D eigenvalue weighted by Gasteiger charge is 2.40. The summed E-state index contributed by atoms with van der Waals surface area (Å²) < 4.78 is 70.6. The van der Waals surface area contributed by atoms with Crippen LogP contribution in [0, 0.1) is 5.92 Å². The van der Waals surface area contributed by atoms with Crippen molar-refractivity contribution < 1.29 is 36.3 Å². The lowest BCUT2D eigenvalue weighted by Gasteiger charge is -2.49. The highest BCUT2D eigenvalue weighted by Crippen LogP contribution is 2.56. The summed E-state index contributed by atoms with van der Waals surface area (Å²) >= 11 is 0. The first-order valence-electron chi connectivity index (χ1n) is 21.2. The standard InChI is InChI=1S/C40H86N4O8P4/c1-31(2)41(32(3)4)53(51-28-20-19-21-29-55(45,47-15)48-16)43(35(9)10)37(13)22-23-38(14)44(36(11)12)54(42(33(5)6)34(7)8)52-40-26-24-39(25-27-40)30-56(46,49-17)50-18/h21,29,31-40H,19-20,22-28,30H2,1-18H3/b29-21+. The summed E-state index contributed by atoms with van der Waals surface area (Å²) in [6, 6.07) is 2.46. The van der Waals surface area contributed by atoms with Gasteiger partial charge in [-0.2, -0.15) is 0 Å². The normalized spacial score (nSPS) is 20.1. The van der Waals surface area contributed by atoms with E-state index in [4.69, 9.17) is 27.1 Å². The average Bonchev–Trinajstić information content (AvgIpc) is 3.11. The van der Waals surface area contributed by atoms with Gasteiger partial charge >= 0.3 is 15.2 Å². The van der Waals surface area contributed by atoms with Crippen LogP contribution in [-0.2, 0) is 36.3 Å². The third-order valence-electron chi connectivity index (χ3n) is 10.5. The van der Waals surface area contributed by atoms with Crippen LogP contribution in [0.5, 0.6) is 0 Å².